The SMILES string of the molecule is COc1cc(OC)cc(C(=O)Nc2ccc(Oc3cc(-n4ccnc4)ncn3)cc2)c1. The molecule has 4 rings (SSSR count). The molecule has 0 fully saturated rings. The number of carbonyl (C=O) groups is 1. The molecule has 156 valence electrons. The largest absolute Gasteiger partial charge is 0.497 e. The Balaban J connectivity index is 1.44. The summed E-state index contributed by atoms with van der Waals surface area (Å²) in [4.78, 5) is 24.9. The predicted molar refractivity (Wildman–Crippen MR) is 113 cm³/mol. The molecule has 0 bridgehead atoms. The van der Waals surface area contributed by atoms with Gasteiger partial charge < -0.3 is 19.5 Å². The summed E-state index contributed by atoms with van der Waals surface area (Å²) in [5.41, 5.74) is 1.03. The fraction of sp³-hybridized carbons (Fsp3) is 0.0909. The summed E-state index contributed by atoms with van der Waals surface area (Å²) in [6.45, 7) is 0. The standard InChI is InChI=1S/C22H19N5O4/c1-29-18-9-15(10-19(11-18)30-2)22(28)26-16-3-5-17(6-4-16)31-21-12-20(24-13-25-21)27-8-7-23-14-27/h3-14H,1-2H3,(H,26,28). The maximum Gasteiger partial charge on any atom is 0.255 e. The third-order valence-corrected chi connectivity index (χ3v) is 4.34. The first-order valence-electron chi connectivity index (χ1n) is 9.27. The quantitative estimate of drug-likeness (QED) is 0.489. The van der Waals surface area contributed by atoms with E-state index in [4.69, 9.17) is 14.2 Å². The molecule has 31 heavy (non-hydrogen) atoms. The Morgan fingerprint density at radius 3 is 2.32 bits per heavy atom. The van der Waals surface area contributed by atoms with Crippen molar-refractivity contribution in [3.8, 4) is 28.9 Å². The smallest absolute Gasteiger partial charge is 0.255 e. The van der Waals surface area contributed by atoms with Crippen LogP contribution in [0.1, 0.15) is 10.4 Å². The molecule has 9 nitrogen and oxygen atoms in total. The van der Waals surface area contributed by atoms with Crippen molar-refractivity contribution in [3.63, 3.8) is 0 Å². The Bertz CT molecular complexity index is 1150. The van der Waals surface area contributed by atoms with Crippen LogP contribution in [0.15, 0.2) is 73.6 Å². The lowest BCUT2D eigenvalue weighted by Gasteiger charge is -2.10. The van der Waals surface area contributed by atoms with Gasteiger partial charge in [-0.25, -0.2) is 15.0 Å². The van der Waals surface area contributed by atoms with Crippen LogP contribution in [0.5, 0.6) is 23.1 Å². The number of hydrogen-bond acceptors (Lipinski definition) is 7. The van der Waals surface area contributed by atoms with Gasteiger partial charge in [-0.1, -0.05) is 0 Å². The van der Waals surface area contributed by atoms with Gasteiger partial charge in [-0.2, -0.15) is 0 Å². The molecule has 0 saturated carbocycles. The fourth-order valence-corrected chi connectivity index (χ4v) is 2.79. The van der Waals surface area contributed by atoms with E-state index in [0.29, 0.717) is 40.2 Å². The number of amides is 1. The number of ether oxygens (including phenoxy) is 3. The first kappa shape index (κ1) is 19.9. The first-order valence-corrected chi connectivity index (χ1v) is 9.27. The minimum atomic E-state index is -0.286. The lowest BCUT2D eigenvalue weighted by Crippen LogP contribution is -2.12. The number of nitrogens with one attached hydrogen (secondary N) is 1. The van der Waals surface area contributed by atoms with Gasteiger partial charge in [0.1, 0.15) is 35.7 Å². The van der Waals surface area contributed by atoms with Crippen molar-refractivity contribution in [2.45, 2.75) is 0 Å². The monoisotopic (exact) mass is 417 g/mol. The van der Waals surface area contributed by atoms with Crippen molar-refractivity contribution in [1.29, 1.82) is 0 Å². The average molecular weight is 417 g/mol. The van der Waals surface area contributed by atoms with E-state index in [1.54, 1.807) is 71.8 Å². The Kier molecular flexibility index (Phi) is 5.75. The van der Waals surface area contributed by atoms with Gasteiger partial charge in [-0.05, 0) is 36.4 Å². The summed E-state index contributed by atoms with van der Waals surface area (Å²) in [6, 6.07) is 13.6. The van der Waals surface area contributed by atoms with Crippen LogP contribution in [0, 0.1) is 0 Å². The Morgan fingerprint density at radius 2 is 1.68 bits per heavy atom. The summed E-state index contributed by atoms with van der Waals surface area (Å²) in [5.74, 6) is 2.38. The van der Waals surface area contributed by atoms with Crippen LogP contribution in [0.3, 0.4) is 0 Å². The number of carbonyl (C=O) groups excluding carboxylic acids is 1. The molecule has 2 aromatic carbocycles. The van der Waals surface area contributed by atoms with Crippen LogP contribution in [-0.2, 0) is 0 Å². The molecule has 0 atom stereocenters. The van der Waals surface area contributed by atoms with Crippen molar-refractivity contribution < 1.29 is 19.0 Å². The van der Waals surface area contributed by atoms with E-state index in [1.807, 2.05) is 0 Å². The highest BCUT2D eigenvalue weighted by Gasteiger charge is 2.11. The Hall–Kier alpha value is -4.40. The molecular formula is C22H19N5O4. The molecule has 2 heterocycles. The van der Waals surface area contributed by atoms with Crippen molar-refractivity contribution in [2.75, 3.05) is 19.5 Å². The maximum absolute atomic E-state index is 12.6. The molecular weight excluding hydrogens is 398 g/mol. The van der Waals surface area contributed by atoms with Gasteiger partial charge in [-0.3, -0.25) is 9.36 Å². The molecule has 0 saturated heterocycles. The third-order valence-electron chi connectivity index (χ3n) is 4.34. The van der Waals surface area contributed by atoms with Gasteiger partial charge in [0.2, 0.25) is 5.88 Å². The summed E-state index contributed by atoms with van der Waals surface area (Å²) >= 11 is 0. The maximum atomic E-state index is 12.6. The van der Waals surface area contributed by atoms with Gasteiger partial charge in [0.05, 0.1) is 14.2 Å². The average Bonchev–Trinajstić information content (AvgIpc) is 3.35. The second-order valence-electron chi connectivity index (χ2n) is 6.37. The van der Waals surface area contributed by atoms with Crippen molar-refractivity contribution in [1.82, 2.24) is 19.5 Å². The summed E-state index contributed by atoms with van der Waals surface area (Å²) in [6.07, 6.45) is 6.50. The number of rotatable bonds is 7. The zero-order valence-electron chi connectivity index (χ0n) is 16.9. The van der Waals surface area contributed by atoms with E-state index in [9.17, 15) is 4.79 Å². The van der Waals surface area contributed by atoms with Crippen LogP contribution in [0.25, 0.3) is 5.82 Å². The summed E-state index contributed by atoms with van der Waals surface area (Å²) < 4.78 is 18.0. The summed E-state index contributed by atoms with van der Waals surface area (Å²) in [7, 11) is 3.07. The molecule has 2 aromatic heterocycles. The second kappa shape index (κ2) is 8.95. The highest BCUT2D eigenvalue weighted by atomic mass is 16.5. The van der Waals surface area contributed by atoms with Gasteiger partial charge in [0.15, 0.2) is 0 Å². The normalized spacial score (nSPS) is 10.4. The van der Waals surface area contributed by atoms with Gasteiger partial charge in [0, 0.05) is 35.8 Å². The lowest BCUT2D eigenvalue weighted by atomic mass is 10.1. The van der Waals surface area contributed by atoms with Gasteiger partial charge in [0.25, 0.3) is 5.91 Å². The zero-order chi connectivity index (χ0) is 21.6. The molecule has 9 heteroatoms. The molecule has 0 radical (unpaired) electrons. The molecule has 0 aliphatic carbocycles. The minimum Gasteiger partial charge on any atom is -0.497 e. The number of nitrogens with zero attached hydrogens (tertiary/aromatic N) is 4. The zero-order valence-corrected chi connectivity index (χ0v) is 16.9. The second-order valence-corrected chi connectivity index (χ2v) is 6.37. The molecule has 4 aromatic rings. The molecule has 0 spiro atoms. The van der Waals surface area contributed by atoms with Crippen LogP contribution in [-0.4, -0.2) is 39.6 Å². The fourth-order valence-electron chi connectivity index (χ4n) is 2.79. The van der Waals surface area contributed by atoms with E-state index < -0.39 is 0 Å². The van der Waals surface area contributed by atoms with Gasteiger partial charge >= 0.3 is 0 Å². The van der Waals surface area contributed by atoms with Crippen LogP contribution in [0.4, 0.5) is 5.69 Å². The number of anilines is 1. The highest BCUT2D eigenvalue weighted by Crippen LogP contribution is 2.25. The number of methoxy groups -OCH3 is 2. The van der Waals surface area contributed by atoms with E-state index in [1.165, 1.54) is 20.5 Å². The van der Waals surface area contributed by atoms with E-state index in [0.717, 1.165) is 0 Å². The van der Waals surface area contributed by atoms with E-state index >= 15 is 0 Å². The van der Waals surface area contributed by atoms with Crippen LogP contribution < -0.4 is 19.5 Å². The lowest BCUT2D eigenvalue weighted by molar-refractivity contribution is 0.102. The van der Waals surface area contributed by atoms with Crippen molar-refractivity contribution in [3.05, 3.63) is 79.1 Å². The predicted octanol–water partition coefficient (Wildman–Crippen LogP) is 3.72. The highest BCUT2D eigenvalue weighted by molar-refractivity contribution is 6.04. The van der Waals surface area contributed by atoms with Crippen LogP contribution in [0.2, 0.25) is 0 Å². The number of hydrogen-bond donors (Lipinski definition) is 1. The molecule has 1 amide bonds. The topological polar surface area (TPSA) is 100 Å². The summed E-state index contributed by atoms with van der Waals surface area (Å²) in [5, 5.41) is 2.84. The Morgan fingerprint density at radius 1 is 0.935 bits per heavy atom. The number of imidazole rings is 1. The van der Waals surface area contributed by atoms with Crippen LogP contribution >= 0.6 is 0 Å². The van der Waals surface area contributed by atoms with Crippen molar-refractivity contribution in [2.24, 2.45) is 0 Å². The first-order chi connectivity index (χ1) is 15.1. The molecule has 0 aliphatic heterocycles. The number of benzene rings is 2. The van der Waals surface area contributed by atoms with E-state index in [-0.39, 0.29) is 5.91 Å². The minimum absolute atomic E-state index is 0.286. The Labute approximate surface area is 178 Å². The molecule has 0 unspecified atom stereocenters. The van der Waals surface area contributed by atoms with Crippen molar-refractivity contribution >= 4 is 11.6 Å². The molecule has 1 N–H and O–H groups in total. The number of aromatic nitrogens is 4. The molecule has 0 aliphatic rings. The third kappa shape index (κ3) is 4.78. The van der Waals surface area contributed by atoms with E-state index in [2.05, 4.69) is 20.3 Å². The van der Waals surface area contributed by atoms with Gasteiger partial charge in [-0.15, -0.1) is 0 Å².